The molecule has 0 aromatic heterocycles. The SMILES string of the molecule is O=C(C=C1CCCc2ccc(F)cc21)NCCO. The number of nitrogens with one attached hydrogen (secondary N) is 1. The summed E-state index contributed by atoms with van der Waals surface area (Å²) in [5.41, 5.74) is 2.79. The number of amides is 1. The molecule has 1 aliphatic carbocycles. The molecule has 0 atom stereocenters. The fourth-order valence-electron chi connectivity index (χ4n) is 2.21. The Bertz CT molecular complexity index is 483. The number of rotatable bonds is 3. The number of hydrogen-bond donors (Lipinski definition) is 2. The molecular formula is C14H16FNO2. The first-order chi connectivity index (χ1) is 8.70. The Kier molecular flexibility index (Phi) is 4.10. The highest BCUT2D eigenvalue weighted by Gasteiger charge is 2.15. The highest BCUT2D eigenvalue weighted by Crippen LogP contribution is 2.30. The fraction of sp³-hybridized carbons (Fsp3) is 0.357. The van der Waals surface area contributed by atoms with Gasteiger partial charge in [-0.1, -0.05) is 6.07 Å². The molecular weight excluding hydrogens is 233 g/mol. The maximum Gasteiger partial charge on any atom is 0.244 e. The van der Waals surface area contributed by atoms with Gasteiger partial charge in [0.05, 0.1) is 6.61 Å². The third-order valence-electron chi connectivity index (χ3n) is 3.03. The predicted octanol–water partition coefficient (Wildman–Crippen LogP) is 1.65. The van der Waals surface area contributed by atoms with E-state index < -0.39 is 0 Å². The van der Waals surface area contributed by atoms with Gasteiger partial charge in [-0.05, 0) is 48.1 Å². The molecule has 96 valence electrons. The van der Waals surface area contributed by atoms with E-state index in [0.717, 1.165) is 36.0 Å². The predicted molar refractivity (Wildman–Crippen MR) is 67.4 cm³/mol. The third-order valence-corrected chi connectivity index (χ3v) is 3.03. The zero-order chi connectivity index (χ0) is 13.0. The van der Waals surface area contributed by atoms with Gasteiger partial charge in [-0.2, -0.15) is 0 Å². The third kappa shape index (κ3) is 2.96. The zero-order valence-corrected chi connectivity index (χ0v) is 10.1. The van der Waals surface area contributed by atoms with Crippen LogP contribution in [0.4, 0.5) is 4.39 Å². The number of halogens is 1. The van der Waals surface area contributed by atoms with Gasteiger partial charge in [0.15, 0.2) is 0 Å². The minimum atomic E-state index is -0.280. The first kappa shape index (κ1) is 12.8. The second-order valence-corrected chi connectivity index (χ2v) is 4.34. The Hall–Kier alpha value is -1.68. The number of aryl methyl sites for hydroxylation is 1. The van der Waals surface area contributed by atoms with Gasteiger partial charge in [-0.3, -0.25) is 4.79 Å². The molecule has 0 spiro atoms. The van der Waals surface area contributed by atoms with E-state index in [4.69, 9.17) is 5.11 Å². The van der Waals surface area contributed by atoms with Crippen molar-refractivity contribution in [2.75, 3.05) is 13.2 Å². The van der Waals surface area contributed by atoms with E-state index in [1.807, 2.05) is 0 Å². The van der Waals surface area contributed by atoms with Crippen LogP contribution in [0.15, 0.2) is 24.3 Å². The van der Waals surface area contributed by atoms with Crippen LogP contribution in [0.2, 0.25) is 0 Å². The van der Waals surface area contributed by atoms with Crippen LogP contribution in [0.3, 0.4) is 0 Å². The summed E-state index contributed by atoms with van der Waals surface area (Å²) in [6, 6.07) is 4.72. The van der Waals surface area contributed by atoms with Crippen LogP contribution in [-0.2, 0) is 11.2 Å². The summed E-state index contributed by atoms with van der Waals surface area (Å²) in [5.74, 6) is -0.520. The molecule has 0 saturated carbocycles. The first-order valence-electron chi connectivity index (χ1n) is 6.09. The average molecular weight is 249 g/mol. The number of aliphatic hydroxyl groups excluding tert-OH is 1. The Labute approximate surface area is 105 Å². The highest BCUT2D eigenvalue weighted by molar-refractivity contribution is 5.95. The molecule has 0 aliphatic heterocycles. The molecule has 2 N–H and O–H groups in total. The summed E-state index contributed by atoms with van der Waals surface area (Å²) in [7, 11) is 0. The number of benzene rings is 1. The van der Waals surface area contributed by atoms with Crippen molar-refractivity contribution in [1.82, 2.24) is 5.32 Å². The van der Waals surface area contributed by atoms with Gasteiger partial charge in [0.2, 0.25) is 5.91 Å². The molecule has 0 saturated heterocycles. The zero-order valence-electron chi connectivity index (χ0n) is 10.1. The lowest BCUT2D eigenvalue weighted by Crippen LogP contribution is -2.24. The molecule has 1 amide bonds. The molecule has 0 radical (unpaired) electrons. The van der Waals surface area contributed by atoms with Crippen molar-refractivity contribution in [3.05, 3.63) is 41.2 Å². The van der Waals surface area contributed by atoms with Gasteiger partial charge >= 0.3 is 0 Å². The van der Waals surface area contributed by atoms with Crippen LogP contribution in [0, 0.1) is 5.82 Å². The minimum Gasteiger partial charge on any atom is -0.395 e. The van der Waals surface area contributed by atoms with Gasteiger partial charge in [-0.15, -0.1) is 0 Å². The number of fused-ring (bicyclic) bond motifs is 1. The molecule has 1 aromatic carbocycles. The quantitative estimate of drug-likeness (QED) is 0.800. The molecule has 0 bridgehead atoms. The topological polar surface area (TPSA) is 49.3 Å². The number of aliphatic hydroxyl groups is 1. The van der Waals surface area contributed by atoms with E-state index in [2.05, 4.69) is 5.32 Å². The standard InChI is InChI=1S/C14H16FNO2/c15-12-5-4-10-2-1-3-11(13(10)9-12)8-14(18)16-6-7-17/h4-5,8-9,17H,1-3,6-7H2,(H,16,18). The smallest absolute Gasteiger partial charge is 0.244 e. The molecule has 1 aliphatic rings. The van der Waals surface area contributed by atoms with Crippen molar-refractivity contribution < 1.29 is 14.3 Å². The van der Waals surface area contributed by atoms with Crippen molar-refractivity contribution in [1.29, 1.82) is 0 Å². The minimum absolute atomic E-state index is 0.0832. The largest absolute Gasteiger partial charge is 0.395 e. The number of hydrogen-bond acceptors (Lipinski definition) is 2. The lowest BCUT2D eigenvalue weighted by atomic mass is 9.87. The van der Waals surface area contributed by atoms with Crippen LogP contribution in [0.5, 0.6) is 0 Å². The Morgan fingerprint density at radius 3 is 3.06 bits per heavy atom. The average Bonchev–Trinajstić information content (AvgIpc) is 2.37. The number of allylic oxidation sites excluding steroid dienone is 1. The maximum absolute atomic E-state index is 13.2. The fourth-order valence-corrected chi connectivity index (χ4v) is 2.21. The van der Waals surface area contributed by atoms with Crippen molar-refractivity contribution in [3.63, 3.8) is 0 Å². The van der Waals surface area contributed by atoms with Gasteiger partial charge in [0.25, 0.3) is 0 Å². The Balaban J connectivity index is 2.23. The molecule has 0 fully saturated rings. The van der Waals surface area contributed by atoms with Crippen molar-refractivity contribution >= 4 is 11.5 Å². The van der Waals surface area contributed by atoms with Crippen molar-refractivity contribution in [2.24, 2.45) is 0 Å². The summed E-state index contributed by atoms with van der Waals surface area (Å²) in [5, 5.41) is 11.2. The van der Waals surface area contributed by atoms with Crippen LogP contribution < -0.4 is 5.32 Å². The van der Waals surface area contributed by atoms with Crippen molar-refractivity contribution in [2.45, 2.75) is 19.3 Å². The molecule has 0 heterocycles. The van der Waals surface area contributed by atoms with Crippen molar-refractivity contribution in [3.8, 4) is 0 Å². The highest BCUT2D eigenvalue weighted by atomic mass is 19.1. The van der Waals surface area contributed by atoms with E-state index in [1.54, 1.807) is 6.07 Å². The summed E-state index contributed by atoms with van der Waals surface area (Å²) in [6.45, 7) is 0.152. The van der Waals surface area contributed by atoms with Gasteiger partial charge in [0, 0.05) is 12.6 Å². The molecule has 2 rings (SSSR count). The van der Waals surface area contributed by atoms with E-state index in [9.17, 15) is 9.18 Å². The normalized spacial score (nSPS) is 16.4. The second kappa shape index (κ2) is 5.78. The van der Waals surface area contributed by atoms with E-state index in [0.29, 0.717) is 0 Å². The summed E-state index contributed by atoms with van der Waals surface area (Å²) < 4.78 is 13.2. The maximum atomic E-state index is 13.2. The van der Waals surface area contributed by atoms with Crippen LogP contribution in [-0.4, -0.2) is 24.2 Å². The first-order valence-corrected chi connectivity index (χ1v) is 6.09. The monoisotopic (exact) mass is 249 g/mol. The lowest BCUT2D eigenvalue weighted by Gasteiger charge is -2.18. The molecule has 3 nitrogen and oxygen atoms in total. The molecule has 1 aromatic rings. The van der Waals surface area contributed by atoms with Gasteiger partial charge in [-0.25, -0.2) is 4.39 Å². The van der Waals surface area contributed by atoms with Crippen LogP contribution in [0.25, 0.3) is 5.57 Å². The lowest BCUT2D eigenvalue weighted by molar-refractivity contribution is -0.116. The van der Waals surface area contributed by atoms with Crippen LogP contribution in [0.1, 0.15) is 24.0 Å². The molecule has 18 heavy (non-hydrogen) atoms. The van der Waals surface area contributed by atoms with Gasteiger partial charge < -0.3 is 10.4 Å². The van der Waals surface area contributed by atoms with E-state index in [-0.39, 0.29) is 24.9 Å². The molecule has 4 heteroatoms. The summed E-state index contributed by atoms with van der Waals surface area (Å²) >= 11 is 0. The molecule has 0 unspecified atom stereocenters. The summed E-state index contributed by atoms with van der Waals surface area (Å²) in [4.78, 5) is 11.6. The van der Waals surface area contributed by atoms with E-state index >= 15 is 0 Å². The Morgan fingerprint density at radius 2 is 2.28 bits per heavy atom. The van der Waals surface area contributed by atoms with Crippen LogP contribution >= 0.6 is 0 Å². The number of carbonyl (C=O) groups is 1. The number of carbonyl (C=O) groups excluding carboxylic acids is 1. The second-order valence-electron chi connectivity index (χ2n) is 4.34. The Morgan fingerprint density at radius 1 is 1.44 bits per heavy atom. The van der Waals surface area contributed by atoms with E-state index in [1.165, 1.54) is 18.2 Å². The van der Waals surface area contributed by atoms with Gasteiger partial charge in [0.1, 0.15) is 5.82 Å². The summed E-state index contributed by atoms with van der Waals surface area (Å²) in [6.07, 6.45) is 4.18.